The van der Waals surface area contributed by atoms with Gasteiger partial charge in [-0.1, -0.05) is 12.1 Å². The van der Waals surface area contributed by atoms with Crippen molar-refractivity contribution in [3.05, 3.63) is 60.3 Å². The van der Waals surface area contributed by atoms with Crippen LogP contribution >= 0.6 is 24.2 Å². The molecule has 128 valence electrons. The Labute approximate surface area is 155 Å². The Hall–Kier alpha value is -2.44. The molecule has 1 atom stereocenters. The Morgan fingerprint density at radius 3 is 2.40 bits per heavy atom. The summed E-state index contributed by atoms with van der Waals surface area (Å²) in [5.74, 6) is 0. The summed E-state index contributed by atoms with van der Waals surface area (Å²) in [6, 6.07) is 14.9. The summed E-state index contributed by atoms with van der Waals surface area (Å²) < 4.78 is 2.05. The quantitative estimate of drug-likeness (QED) is 0.689. The fraction of sp³-hybridized carbons (Fsp3) is 0.111. The van der Waals surface area contributed by atoms with Gasteiger partial charge < -0.3 is 15.2 Å². The number of nitrogen functional groups attached to an aromatic ring is 1. The average molecular weight is 374 g/mol. The van der Waals surface area contributed by atoms with Crippen LogP contribution in [0.4, 0.5) is 10.5 Å². The zero-order valence-electron chi connectivity index (χ0n) is 13.4. The number of amides is 1. The number of carbonyl (C=O) groups is 2. The molecule has 0 bridgehead atoms. The minimum Gasteiger partial charge on any atom is -0.399 e. The van der Waals surface area contributed by atoms with Crippen molar-refractivity contribution in [2.45, 2.75) is 6.04 Å². The molecule has 1 saturated heterocycles. The van der Waals surface area contributed by atoms with E-state index in [2.05, 4.69) is 0 Å². The Morgan fingerprint density at radius 1 is 1.04 bits per heavy atom. The van der Waals surface area contributed by atoms with Gasteiger partial charge in [0.05, 0.1) is 5.52 Å². The number of carbonyl (C=O) groups excluding carboxylic acids is 2. The van der Waals surface area contributed by atoms with Crippen molar-refractivity contribution in [2.24, 2.45) is 0 Å². The Balaban J connectivity index is 0.00000182. The first kappa shape index (κ1) is 17.4. The topological polar surface area (TPSA) is 68.3 Å². The smallest absolute Gasteiger partial charge is 0.289 e. The first-order valence-corrected chi connectivity index (χ1v) is 8.32. The number of fused-ring (bicyclic) bond motifs is 1. The van der Waals surface area contributed by atoms with Gasteiger partial charge in [-0.25, -0.2) is 0 Å². The molecule has 7 heteroatoms. The first-order valence-electron chi connectivity index (χ1n) is 7.50. The molecule has 25 heavy (non-hydrogen) atoms. The second-order valence-electron chi connectivity index (χ2n) is 5.76. The lowest BCUT2D eigenvalue weighted by Crippen LogP contribution is -2.23. The molecule has 2 N–H and O–H groups in total. The molecule has 1 fully saturated rings. The molecule has 1 amide bonds. The minimum absolute atomic E-state index is 0. The van der Waals surface area contributed by atoms with Crippen LogP contribution in [0, 0.1) is 0 Å². The van der Waals surface area contributed by atoms with Gasteiger partial charge in [0.15, 0.2) is 0 Å². The second-order valence-corrected chi connectivity index (χ2v) is 6.71. The molecular formula is C18H16ClN3O2S. The first-order chi connectivity index (χ1) is 11.6. The van der Waals surface area contributed by atoms with E-state index in [1.807, 2.05) is 59.3 Å². The van der Waals surface area contributed by atoms with Crippen molar-refractivity contribution in [3.8, 4) is 5.69 Å². The van der Waals surface area contributed by atoms with Crippen LogP contribution in [-0.2, 0) is 4.79 Å². The van der Waals surface area contributed by atoms with Crippen LogP contribution in [0.1, 0.15) is 11.6 Å². The summed E-state index contributed by atoms with van der Waals surface area (Å²) in [5, 5.41) is 0.630. The number of benzene rings is 2. The third-order valence-corrected chi connectivity index (χ3v) is 5.21. The predicted octanol–water partition coefficient (Wildman–Crippen LogP) is 4.00. The number of thioether (sulfide) groups is 1. The number of nitrogens with two attached hydrogens (primary N) is 1. The summed E-state index contributed by atoms with van der Waals surface area (Å²) in [6.45, 7) is 0. The maximum Gasteiger partial charge on any atom is 0.289 e. The van der Waals surface area contributed by atoms with Crippen LogP contribution < -0.4 is 5.73 Å². The van der Waals surface area contributed by atoms with Gasteiger partial charge in [0.2, 0.25) is 5.12 Å². The highest BCUT2D eigenvalue weighted by Crippen LogP contribution is 2.38. The molecule has 5 nitrogen and oxygen atoms in total. The lowest BCUT2D eigenvalue weighted by molar-refractivity contribution is -0.113. The molecule has 2 aromatic carbocycles. The van der Waals surface area contributed by atoms with Gasteiger partial charge in [-0.2, -0.15) is 0 Å². The molecular weight excluding hydrogens is 358 g/mol. The monoisotopic (exact) mass is 373 g/mol. The van der Waals surface area contributed by atoms with E-state index in [0.717, 1.165) is 33.9 Å². The Morgan fingerprint density at radius 2 is 1.76 bits per heavy atom. The molecule has 1 unspecified atom stereocenters. The van der Waals surface area contributed by atoms with E-state index in [0.29, 0.717) is 5.69 Å². The molecule has 1 aliphatic heterocycles. The van der Waals surface area contributed by atoms with Crippen molar-refractivity contribution in [1.82, 2.24) is 9.47 Å². The van der Waals surface area contributed by atoms with Crippen molar-refractivity contribution in [2.75, 3.05) is 12.8 Å². The van der Waals surface area contributed by atoms with Crippen molar-refractivity contribution in [1.29, 1.82) is 0 Å². The molecule has 0 aliphatic carbocycles. The average Bonchev–Trinajstić information content (AvgIpc) is 3.10. The second kappa shape index (κ2) is 6.46. The largest absolute Gasteiger partial charge is 0.399 e. The van der Waals surface area contributed by atoms with E-state index in [1.54, 1.807) is 7.05 Å². The number of halogens is 1. The van der Waals surface area contributed by atoms with Crippen LogP contribution in [0.25, 0.3) is 16.6 Å². The lowest BCUT2D eigenvalue weighted by atomic mass is 10.0. The number of anilines is 1. The number of nitrogens with zero attached hydrogens (tertiary/aromatic N) is 2. The lowest BCUT2D eigenvalue weighted by Gasteiger charge is -2.18. The van der Waals surface area contributed by atoms with Gasteiger partial charge in [0.1, 0.15) is 6.04 Å². The zero-order chi connectivity index (χ0) is 16.8. The maximum absolute atomic E-state index is 12.2. The van der Waals surface area contributed by atoms with E-state index in [4.69, 9.17) is 5.73 Å². The van der Waals surface area contributed by atoms with E-state index in [9.17, 15) is 9.59 Å². The van der Waals surface area contributed by atoms with E-state index in [-0.39, 0.29) is 22.8 Å². The van der Waals surface area contributed by atoms with Crippen molar-refractivity contribution in [3.63, 3.8) is 0 Å². The van der Waals surface area contributed by atoms with E-state index < -0.39 is 6.04 Å². The Bertz CT molecular complexity index is 968. The minimum atomic E-state index is -0.534. The summed E-state index contributed by atoms with van der Waals surface area (Å²) in [5.41, 5.74) is 9.31. The number of aromatic nitrogens is 1. The fourth-order valence-corrected chi connectivity index (χ4v) is 3.92. The highest BCUT2D eigenvalue weighted by molar-refractivity contribution is 8.26. The summed E-state index contributed by atoms with van der Waals surface area (Å²) in [4.78, 5) is 25.5. The highest BCUT2D eigenvalue weighted by Gasteiger charge is 2.39. The van der Waals surface area contributed by atoms with Gasteiger partial charge in [-0.05, 0) is 42.0 Å². The van der Waals surface area contributed by atoms with Gasteiger partial charge >= 0.3 is 0 Å². The predicted molar refractivity (Wildman–Crippen MR) is 103 cm³/mol. The third kappa shape index (κ3) is 2.77. The van der Waals surface area contributed by atoms with Crippen LogP contribution in [0.3, 0.4) is 0 Å². The summed E-state index contributed by atoms with van der Waals surface area (Å²) >= 11 is 0.772. The summed E-state index contributed by atoms with van der Waals surface area (Å²) in [7, 11) is 1.67. The number of rotatable bonds is 2. The van der Waals surface area contributed by atoms with Crippen LogP contribution in [0.5, 0.6) is 0 Å². The molecule has 1 aromatic heterocycles. The number of hydrogen-bond acceptors (Lipinski definition) is 4. The number of likely N-dealkylation sites (N-methyl/N-ethyl adjacent to an activating group) is 1. The molecule has 0 spiro atoms. The molecule has 1 aliphatic rings. The Kier molecular flexibility index (Phi) is 4.49. The van der Waals surface area contributed by atoms with Crippen LogP contribution in [0.2, 0.25) is 0 Å². The summed E-state index contributed by atoms with van der Waals surface area (Å²) in [6.07, 6.45) is 1.97. The van der Waals surface area contributed by atoms with Crippen molar-refractivity contribution >= 4 is 51.1 Å². The third-order valence-electron chi connectivity index (χ3n) is 4.32. The highest BCUT2D eigenvalue weighted by atomic mass is 35.5. The standard InChI is InChI=1S/C18H15N3O2S.ClH/c1-20-16(17(22)24-18(20)23)14-3-2-4-15-13(14)9-10-21(15)12-7-5-11(19)6-8-12;/h2-10,16H,19H2,1H3;1H. The molecule has 3 aromatic rings. The van der Waals surface area contributed by atoms with Crippen LogP contribution in [0.15, 0.2) is 54.7 Å². The van der Waals surface area contributed by atoms with Gasteiger partial charge in [0, 0.05) is 41.8 Å². The normalized spacial score (nSPS) is 17.2. The van der Waals surface area contributed by atoms with E-state index in [1.165, 1.54) is 4.90 Å². The molecule has 0 radical (unpaired) electrons. The van der Waals surface area contributed by atoms with E-state index >= 15 is 0 Å². The van der Waals surface area contributed by atoms with Crippen molar-refractivity contribution < 1.29 is 9.59 Å². The van der Waals surface area contributed by atoms with Gasteiger partial charge in [0.25, 0.3) is 5.24 Å². The molecule has 0 saturated carbocycles. The number of hydrogen-bond donors (Lipinski definition) is 1. The SMILES string of the molecule is CN1C(=O)SC(=O)C1c1cccc2c1ccn2-c1ccc(N)cc1.Cl. The molecule has 4 rings (SSSR count). The molecule has 2 heterocycles. The zero-order valence-corrected chi connectivity index (χ0v) is 15.0. The maximum atomic E-state index is 12.2. The van der Waals surface area contributed by atoms with Gasteiger partial charge in [-0.3, -0.25) is 9.59 Å². The fourth-order valence-electron chi connectivity index (χ4n) is 3.10. The van der Waals surface area contributed by atoms with Crippen LogP contribution in [-0.4, -0.2) is 26.9 Å². The van der Waals surface area contributed by atoms with Gasteiger partial charge in [-0.15, -0.1) is 12.4 Å².